The average molecular weight is 294 g/mol. The van der Waals surface area contributed by atoms with Gasteiger partial charge in [-0.05, 0) is 6.08 Å². The molecule has 104 valence electrons. The predicted octanol–water partition coefficient (Wildman–Crippen LogP) is 3.20. The van der Waals surface area contributed by atoms with E-state index in [4.69, 9.17) is 4.55 Å². The third kappa shape index (κ3) is 3.14. The highest BCUT2D eigenvalue weighted by Crippen LogP contribution is 2.41. The first-order valence-electron chi connectivity index (χ1n) is 4.62. The summed E-state index contributed by atoms with van der Waals surface area (Å²) in [4.78, 5) is 0. The van der Waals surface area contributed by atoms with Crippen LogP contribution in [0.5, 0.6) is 0 Å². The Morgan fingerprint density at radius 1 is 1.17 bits per heavy atom. The van der Waals surface area contributed by atoms with Crippen molar-refractivity contribution in [2.75, 3.05) is 0 Å². The van der Waals surface area contributed by atoms with E-state index in [2.05, 4.69) is 0 Å². The van der Waals surface area contributed by atoms with Crippen LogP contribution in [0.3, 0.4) is 0 Å². The van der Waals surface area contributed by atoms with Crippen molar-refractivity contribution in [3.63, 3.8) is 0 Å². The lowest BCUT2D eigenvalue weighted by molar-refractivity contribution is -0.102. The van der Waals surface area contributed by atoms with Crippen LogP contribution in [0.4, 0.5) is 26.3 Å². The molecule has 0 saturated heterocycles. The number of hydrogen-bond acceptors (Lipinski definition) is 1. The highest BCUT2D eigenvalue weighted by atomic mass is 32.2. The number of hydrogen-bond donors (Lipinski definition) is 1. The lowest BCUT2D eigenvalue weighted by Gasteiger charge is -2.28. The van der Waals surface area contributed by atoms with E-state index < -0.39 is 45.7 Å². The van der Waals surface area contributed by atoms with Gasteiger partial charge >= 0.3 is 12.4 Å². The molecule has 0 aromatic carbocycles. The third-order valence-corrected chi connectivity index (χ3v) is 3.54. The maximum Gasteiger partial charge on any atom is 0.416 e. The quantitative estimate of drug-likeness (QED) is 0.595. The van der Waals surface area contributed by atoms with E-state index in [1.165, 1.54) is 0 Å². The van der Waals surface area contributed by atoms with Crippen LogP contribution in [0.25, 0.3) is 0 Å². The molecule has 9 heteroatoms. The molecule has 0 fully saturated rings. The second-order valence-corrected chi connectivity index (χ2v) is 4.84. The molecule has 0 aliphatic heterocycles. The number of halogens is 6. The van der Waals surface area contributed by atoms with Gasteiger partial charge in [0.15, 0.2) is 11.1 Å². The van der Waals surface area contributed by atoms with Crippen molar-refractivity contribution in [2.24, 2.45) is 5.92 Å². The van der Waals surface area contributed by atoms with Gasteiger partial charge in [0.2, 0.25) is 0 Å². The minimum Gasteiger partial charge on any atom is -0.306 e. The van der Waals surface area contributed by atoms with Crippen molar-refractivity contribution in [3.05, 3.63) is 23.3 Å². The molecular formula is C9H8F6O2S. The molecule has 1 aliphatic carbocycles. The molecule has 0 heterocycles. The van der Waals surface area contributed by atoms with E-state index in [0.717, 1.165) is 6.92 Å². The lowest BCUT2D eigenvalue weighted by atomic mass is 9.88. The van der Waals surface area contributed by atoms with Gasteiger partial charge in [0.25, 0.3) is 0 Å². The van der Waals surface area contributed by atoms with E-state index in [-0.39, 0.29) is 6.08 Å². The summed E-state index contributed by atoms with van der Waals surface area (Å²) >= 11 is -2.81. The van der Waals surface area contributed by atoms with Crippen LogP contribution in [-0.2, 0) is 11.1 Å². The molecule has 0 saturated carbocycles. The van der Waals surface area contributed by atoms with Crippen LogP contribution in [0.15, 0.2) is 23.3 Å². The molecule has 0 aromatic heterocycles. The van der Waals surface area contributed by atoms with Gasteiger partial charge < -0.3 is 4.55 Å². The largest absolute Gasteiger partial charge is 0.416 e. The Hall–Kier alpha value is -0.830. The Morgan fingerprint density at radius 3 is 2.00 bits per heavy atom. The summed E-state index contributed by atoms with van der Waals surface area (Å²) < 4.78 is 94.5. The smallest absolute Gasteiger partial charge is 0.306 e. The summed E-state index contributed by atoms with van der Waals surface area (Å²) in [6.45, 7) is 0.960. The highest BCUT2D eigenvalue weighted by Gasteiger charge is 2.46. The normalized spacial score (nSPS) is 27.6. The zero-order chi connectivity index (χ0) is 14.3. The van der Waals surface area contributed by atoms with Gasteiger partial charge in [-0.15, -0.1) is 0 Å². The van der Waals surface area contributed by atoms with Crippen molar-refractivity contribution >= 4 is 11.1 Å². The van der Waals surface area contributed by atoms with Crippen molar-refractivity contribution in [3.8, 4) is 0 Å². The van der Waals surface area contributed by atoms with Gasteiger partial charge in [0, 0.05) is 11.5 Å². The summed E-state index contributed by atoms with van der Waals surface area (Å²) in [5.41, 5.74) is -3.01. The molecule has 1 N–H and O–H groups in total. The minimum atomic E-state index is -4.99. The fourth-order valence-corrected chi connectivity index (χ4v) is 2.35. The van der Waals surface area contributed by atoms with Crippen LogP contribution in [0.1, 0.15) is 6.92 Å². The van der Waals surface area contributed by atoms with E-state index >= 15 is 0 Å². The zero-order valence-electron chi connectivity index (χ0n) is 8.84. The predicted molar refractivity (Wildman–Crippen MR) is 52.0 cm³/mol. The van der Waals surface area contributed by atoms with Gasteiger partial charge in [0.1, 0.15) is 0 Å². The first-order chi connectivity index (χ1) is 7.94. The Kier molecular flexibility index (Phi) is 3.97. The topological polar surface area (TPSA) is 37.3 Å². The summed E-state index contributed by atoms with van der Waals surface area (Å²) in [7, 11) is 0. The van der Waals surface area contributed by atoms with Crippen LogP contribution >= 0.6 is 0 Å². The van der Waals surface area contributed by atoms with Crippen molar-refractivity contribution in [1.29, 1.82) is 0 Å². The molecule has 0 spiro atoms. The Balaban J connectivity index is 3.32. The van der Waals surface area contributed by atoms with Crippen molar-refractivity contribution in [1.82, 2.24) is 0 Å². The molecule has 1 rings (SSSR count). The number of alkyl halides is 6. The molecule has 2 nitrogen and oxygen atoms in total. The van der Waals surface area contributed by atoms with E-state index in [0.29, 0.717) is 6.08 Å². The summed E-state index contributed by atoms with van der Waals surface area (Å²) in [6, 6.07) is 0. The third-order valence-electron chi connectivity index (χ3n) is 2.53. The molecule has 3 unspecified atom stereocenters. The maximum absolute atomic E-state index is 12.5. The average Bonchev–Trinajstić information content (AvgIpc) is 2.13. The fourth-order valence-electron chi connectivity index (χ4n) is 1.59. The van der Waals surface area contributed by atoms with Crippen LogP contribution in [0.2, 0.25) is 0 Å². The van der Waals surface area contributed by atoms with Gasteiger partial charge in [-0.25, -0.2) is 4.21 Å². The monoisotopic (exact) mass is 294 g/mol. The molecule has 1 aliphatic rings. The zero-order valence-corrected chi connectivity index (χ0v) is 9.66. The Bertz CT molecular complexity index is 420. The Labute approximate surface area is 101 Å². The van der Waals surface area contributed by atoms with Crippen LogP contribution in [0, 0.1) is 5.92 Å². The number of rotatable bonds is 1. The standard InChI is InChI=1S/C9H8F6O2S/c1-4-6(9(13,14)15)2-5(8(10,11)12)3-7(4)18(16)17/h2-4,7H,1H3,(H,16,17). The molecule has 0 radical (unpaired) electrons. The van der Waals surface area contributed by atoms with Gasteiger partial charge in [-0.2, -0.15) is 26.3 Å². The second kappa shape index (κ2) is 4.69. The van der Waals surface area contributed by atoms with Gasteiger partial charge in [0.05, 0.1) is 10.8 Å². The van der Waals surface area contributed by atoms with Crippen LogP contribution in [-0.4, -0.2) is 26.4 Å². The molecule has 18 heavy (non-hydrogen) atoms. The van der Waals surface area contributed by atoms with E-state index in [1.807, 2.05) is 0 Å². The first kappa shape index (κ1) is 15.2. The summed E-state index contributed by atoms with van der Waals surface area (Å²) in [5.74, 6) is -1.51. The van der Waals surface area contributed by atoms with Crippen molar-refractivity contribution < 1.29 is 35.1 Å². The minimum absolute atomic E-state index is 0.0198. The highest BCUT2D eigenvalue weighted by molar-refractivity contribution is 7.80. The summed E-state index contributed by atoms with van der Waals surface area (Å²) in [5, 5.41) is -1.73. The molecule has 0 aromatic rings. The van der Waals surface area contributed by atoms with Gasteiger partial charge in [-0.1, -0.05) is 13.0 Å². The maximum atomic E-state index is 12.5. The first-order valence-corrected chi connectivity index (χ1v) is 5.79. The molecule has 0 bridgehead atoms. The lowest BCUT2D eigenvalue weighted by Crippen LogP contribution is -2.34. The van der Waals surface area contributed by atoms with E-state index in [9.17, 15) is 30.6 Å². The second-order valence-electron chi connectivity index (χ2n) is 3.75. The van der Waals surface area contributed by atoms with E-state index in [1.54, 1.807) is 0 Å². The Morgan fingerprint density at radius 2 is 1.67 bits per heavy atom. The molecular weight excluding hydrogens is 286 g/mol. The van der Waals surface area contributed by atoms with Crippen LogP contribution < -0.4 is 0 Å². The summed E-state index contributed by atoms with van der Waals surface area (Å²) in [6.07, 6.45) is -9.62. The number of allylic oxidation sites excluding steroid dienone is 3. The van der Waals surface area contributed by atoms with Crippen molar-refractivity contribution in [2.45, 2.75) is 24.5 Å². The molecule has 3 atom stereocenters. The van der Waals surface area contributed by atoms with Gasteiger partial charge in [-0.3, -0.25) is 0 Å². The molecule has 0 amide bonds. The SMILES string of the molecule is CC1C(C(F)(F)F)=CC(C(F)(F)F)=CC1S(=O)O. The fraction of sp³-hybridized carbons (Fsp3) is 0.556.